The lowest BCUT2D eigenvalue weighted by Gasteiger charge is -2.48. The van der Waals surface area contributed by atoms with Gasteiger partial charge in [-0.3, -0.25) is 39.8 Å². The van der Waals surface area contributed by atoms with Crippen LogP contribution in [0.4, 0.5) is 0 Å². The Morgan fingerprint density at radius 1 is 0.615 bits per heavy atom. The predicted octanol–water partition coefficient (Wildman–Crippen LogP) is -11.9. The number of aliphatic hydroxyl groups is 12. The van der Waals surface area contributed by atoms with Crippen molar-refractivity contribution in [1.82, 2.24) is 42.5 Å². The summed E-state index contributed by atoms with van der Waals surface area (Å²) in [6.45, 7) is 1.04. The quantitative estimate of drug-likeness (QED) is 0.0616. The first-order valence-corrected chi connectivity index (χ1v) is 31.4. The first kappa shape index (κ1) is 73.1. The van der Waals surface area contributed by atoms with Crippen molar-refractivity contribution in [2.24, 2.45) is 22.4 Å². The lowest BCUT2D eigenvalue weighted by molar-refractivity contribution is -0.663. The van der Waals surface area contributed by atoms with Crippen LogP contribution in [0.15, 0.2) is 59.6 Å². The minimum atomic E-state index is -2.32. The maximum Gasteiger partial charge on any atom is 0.346 e. The number of fused-ring (bicyclic) bond motifs is 1. The minimum Gasteiger partial charge on any atom is -0.462 e. The number of carbonyl (C=O) groups excluding carboxylic acids is 6. The average Bonchev–Trinajstić information content (AvgIpc) is 1.35. The molecule has 0 aromatic heterocycles. The van der Waals surface area contributed by atoms with Gasteiger partial charge in [0.25, 0.3) is 0 Å². The molecule has 26 atom stereocenters. The van der Waals surface area contributed by atoms with Crippen LogP contribution in [-0.4, -0.2) is 312 Å². The third-order valence-electron chi connectivity index (χ3n) is 17.8. The lowest BCUT2D eigenvalue weighted by Crippen LogP contribution is -2.68. The van der Waals surface area contributed by atoms with Gasteiger partial charge in [0.15, 0.2) is 18.5 Å². The van der Waals surface area contributed by atoms with Gasteiger partial charge in [-0.05, 0) is 29.2 Å². The molecule has 37 nitrogen and oxygen atoms in total. The summed E-state index contributed by atoms with van der Waals surface area (Å²) < 4.78 is 41.9. The van der Waals surface area contributed by atoms with Crippen molar-refractivity contribution in [3.63, 3.8) is 0 Å². The molecule has 5 fully saturated rings. The van der Waals surface area contributed by atoms with E-state index < -0.39 is 234 Å². The van der Waals surface area contributed by atoms with Gasteiger partial charge in [-0.2, -0.15) is 0 Å². The summed E-state index contributed by atoms with van der Waals surface area (Å²) in [6, 6.07) is 1.09. The van der Waals surface area contributed by atoms with Crippen LogP contribution < -0.4 is 58.7 Å². The van der Waals surface area contributed by atoms with E-state index in [2.05, 4.69) is 47.5 Å². The molecule has 0 saturated carbocycles. The van der Waals surface area contributed by atoms with Crippen LogP contribution >= 0.6 is 0 Å². The Balaban J connectivity index is 0.994. The molecule has 7 aliphatic heterocycles. The molecule has 9 rings (SSSR count). The number of nitrogens with zero attached hydrogens (tertiary/aromatic N) is 2. The van der Waals surface area contributed by atoms with E-state index in [0.29, 0.717) is 12.0 Å². The maximum atomic E-state index is 15.2. The highest BCUT2D eigenvalue weighted by molar-refractivity contribution is 5.98. The summed E-state index contributed by atoms with van der Waals surface area (Å²) in [5.74, 6) is -8.53. The summed E-state index contributed by atoms with van der Waals surface area (Å²) >= 11 is 0. The van der Waals surface area contributed by atoms with Crippen molar-refractivity contribution in [3.8, 4) is 5.75 Å². The van der Waals surface area contributed by atoms with Crippen LogP contribution in [0.5, 0.6) is 5.75 Å². The predicted molar refractivity (Wildman–Crippen MR) is 323 cm³/mol. The van der Waals surface area contributed by atoms with Crippen molar-refractivity contribution < 1.29 is 128 Å². The Morgan fingerprint density at radius 2 is 1.26 bits per heavy atom. The molecule has 0 spiro atoms. The summed E-state index contributed by atoms with van der Waals surface area (Å²) in [7, 11) is 0. The van der Waals surface area contributed by atoms with Gasteiger partial charge in [0, 0.05) is 25.3 Å². The fourth-order valence-corrected chi connectivity index (χ4v) is 12.3. The Morgan fingerprint density at radius 3 is 1.92 bits per heavy atom. The van der Waals surface area contributed by atoms with Gasteiger partial charge < -0.3 is 137 Å². The second-order valence-electron chi connectivity index (χ2n) is 24.9. The van der Waals surface area contributed by atoms with Gasteiger partial charge in [-0.15, -0.1) is 0 Å². The van der Waals surface area contributed by atoms with E-state index in [-0.39, 0.29) is 42.3 Å². The summed E-state index contributed by atoms with van der Waals surface area (Å²) in [6.07, 6.45) is -29.4. The smallest absolute Gasteiger partial charge is 0.346 e. The zero-order valence-electron chi connectivity index (χ0n) is 52.4. The Hall–Kier alpha value is -7.12. The molecule has 5 saturated heterocycles. The van der Waals surface area contributed by atoms with E-state index in [1.165, 1.54) is 24.3 Å². The first-order chi connectivity index (χ1) is 45.7. The van der Waals surface area contributed by atoms with Crippen molar-refractivity contribution >= 4 is 47.4 Å². The largest absolute Gasteiger partial charge is 0.462 e. The van der Waals surface area contributed by atoms with Crippen LogP contribution in [0.3, 0.4) is 0 Å². The number of carbonyl (C=O) groups is 6. The molecule has 6 amide bonds. The molecule has 7 heterocycles. The number of nitrogens with one attached hydrogen (secondary N) is 8. The summed E-state index contributed by atoms with van der Waals surface area (Å²) in [5.41, 5.74) is 12.9. The molecule has 532 valence electrons. The molecule has 2 unspecified atom stereocenters. The standard InChI is InChI=1S/C59H86N12O25/c1-22(2)13-35-90-21-33-49(95-35)44(81)47(84)57(94-33)96-48-32(20-74)93-56(46(83)43(48)80)91-26-11-9-24(10-12-26)14-27-51(86)69-37(39(76)28-15-63-58(60)67-28)54(89)70-38(40(77)30-16-64-59(61)71(30)55-45(82)42(79)41(78)31(19-73)92-55)53(88)66-29(18-72)50(85)62-17-34(75)68-36(52(87)65-27)23(3)25-7-5-4-6-8-25/h4-12,22-23,27-33,35-49,55-57,72-74,76-84H,13-21H2,1-3H3,(H11,60,61,62,63,64,65,66,67,68,69,70,75,85,86,87,88,89)/p+1/t23-,27-,28+,29?,30+,31+,32-,33+,35?,36-,37+,38-,39-,40-,41+,42+,43+,44-,45+,46-,47+,48+,49+,55-,56-,57+/m1/s1. The molecule has 24 N–H and O–H groups in total. The second kappa shape index (κ2) is 32.0. The van der Waals surface area contributed by atoms with Crippen molar-refractivity contribution in [2.75, 3.05) is 46.1 Å². The molecular weight excluding hydrogens is 1280 g/mol. The molecule has 96 heavy (non-hydrogen) atoms. The molecular formula is C59H87N12O25+. The molecule has 2 aromatic rings. The lowest BCUT2D eigenvalue weighted by atomic mass is 9.92. The molecule has 37 heteroatoms. The van der Waals surface area contributed by atoms with Crippen LogP contribution in [0.2, 0.25) is 0 Å². The van der Waals surface area contributed by atoms with E-state index in [1.807, 2.05) is 13.8 Å². The van der Waals surface area contributed by atoms with E-state index in [0.717, 1.165) is 4.58 Å². The zero-order valence-corrected chi connectivity index (χ0v) is 52.4. The van der Waals surface area contributed by atoms with Crippen LogP contribution in [0.1, 0.15) is 44.2 Å². The van der Waals surface area contributed by atoms with Gasteiger partial charge >= 0.3 is 5.96 Å². The van der Waals surface area contributed by atoms with Gasteiger partial charge in [0.2, 0.25) is 48.0 Å². The maximum absolute atomic E-state index is 15.2. The number of ether oxygens (including phenoxy) is 7. The zero-order chi connectivity index (χ0) is 69.6. The van der Waals surface area contributed by atoms with E-state index in [9.17, 15) is 80.5 Å². The molecule has 0 aliphatic carbocycles. The van der Waals surface area contributed by atoms with Gasteiger partial charge in [0.05, 0.1) is 39.0 Å². The fraction of sp³-hybridized carbons (Fsp3) is 0.661. The van der Waals surface area contributed by atoms with Gasteiger partial charge in [-0.1, -0.05) is 63.2 Å². The molecule has 0 bridgehead atoms. The number of hydrogen-bond acceptors (Lipinski definition) is 30. The van der Waals surface area contributed by atoms with E-state index in [4.69, 9.17) is 44.6 Å². The van der Waals surface area contributed by atoms with Crippen molar-refractivity contribution in [1.29, 1.82) is 0 Å². The van der Waals surface area contributed by atoms with Crippen LogP contribution in [-0.2, 0) is 63.6 Å². The molecule has 7 aliphatic rings. The SMILES string of the molecule is CC(C)CC1OC[C@@H]2O[C@@H](O[C@@H]3[C@@H](O)[C@@H](O)[C@H](Oc4ccc(C[C@H]5NC(=O)[C@@H]([C@H](C)c6ccccc6)NC(=O)CNC(=O)C(CO)NC(=O)[C@@H]([C@H](O)[C@@H]6CNC(N)=[N+]6[C@@H]6O[C@@H](CO)[C@H](O)[C@H](O)[C@@H]6O)NC(=O)[C@H]([C@H](O)[C@@H]6CNC(N)=N6)NC5=O)cc4)O[C@@H]3CO)[C@@H](O)[C@@H](O)[C@H]2O1. The number of guanidine groups is 2. The Bertz CT molecular complexity index is 3080. The highest BCUT2D eigenvalue weighted by Gasteiger charge is 2.56. The highest BCUT2D eigenvalue weighted by atomic mass is 16.8. The highest BCUT2D eigenvalue weighted by Crippen LogP contribution is 2.35. The fourth-order valence-electron chi connectivity index (χ4n) is 12.3. The van der Waals surface area contributed by atoms with Crippen molar-refractivity contribution in [2.45, 2.75) is 192 Å². The first-order valence-electron chi connectivity index (χ1n) is 31.4. The van der Waals surface area contributed by atoms with E-state index in [1.54, 1.807) is 37.3 Å². The van der Waals surface area contributed by atoms with Gasteiger partial charge in [-0.25, -0.2) is 9.57 Å². The third-order valence-corrected chi connectivity index (χ3v) is 17.8. The minimum absolute atomic E-state index is 0.0355. The normalized spacial score (nSPS) is 37.8. The van der Waals surface area contributed by atoms with Crippen LogP contribution in [0.25, 0.3) is 0 Å². The van der Waals surface area contributed by atoms with Gasteiger partial charge in [0.1, 0.15) is 134 Å². The van der Waals surface area contributed by atoms with Crippen LogP contribution in [0, 0.1) is 5.92 Å². The van der Waals surface area contributed by atoms with Crippen molar-refractivity contribution in [3.05, 3.63) is 65.7 Å². The summed E-state index contributed by atoms with van der Waals surface area (Å²) in [4.78, 5) is 91.5. The number of hydrogen-bond donors (Lipinski definition) is 22. The topological polar surface area (TPSA) is 573 Å². The second-order valence-corrected chi connectivity index (χ2v) is 24.9. The Labute approximate surface area is 548 Å². The molecule has 2 aromatic carbocycles. The van der Waals surface area contributed by atoms with E-state index >= 15 is 9.59 Å². The monoisotopic (exact) mass is 1360 g/mol. The summed E-state index contributed by atoms with van der Waals surface area (Å²) in [5, 5.41) is 153. The number of benzene rings is 2. The number of aliphatic imine (C=N–C) groups is 1. The molecule has 0 radical (unpaired) electrons. The third kappa shape index (κ3) is 16.5. The number of rotatable bonds is 18. The average molecular weight is 1360 g/mol. The number of aliphatic hydroxyl groups excluding tert-OH is 12. The number of amides is 6. The number of nitrogens with two attached hydrogens (primary N) is 2. The Kier molecular flexibility index (Phi) is 24.4.